The maximum atomic E-state index is 12.6. The molecular weight excluding hydrogens is 321 g/mol. The van der Waals surface area contributed by atoms with Crippen LogP contribution in [0.15, 0.2) is 0 Å². The molecule has 6 nitrogen and oxygen atoms in total. The SMILES string of the molecule is CCn1nc(C)c(COC(=O)c2sc(C(F)(F)F)nc2C)n1. The van der Waals surface area contributed by atoms with Crippen molar-refractivity contribution in [1.82, 2.24) is 20.0 Å². The van der Waals surface area contributed by atoms with E-state index >= 15 is 0 Å². The Kier molecular flexibility index (Phi) is 4.50. The Bertz CT molecular complexity index is 693. The van der Waals surface area contributed by atoms with E-state index in [1.165, 1.54) is 11.7 Å². The zero-order valence-corrected chi connectivity index (χ0v) is 12.9. The predicted molar refractivity (Wildman–Crippen MR) is 71.4 cm³/mol. The number of nitrogens with zero attached hydrogens (tertiary/aromatic N) is 4. The monoisotopic (exact) mass is 334 g/mol. The van der Waals surface area contributed by atoms with Gasteiger partial charge in [-0.25, -0.2) is 9.78 Å². The highest BCUT2D eigenvalue weighted by Gasteiger charge is 2.36. The minimum Gasteiger partial charge on any atom is -0.455 e. The van der Waals surface area contributed by atoms with Crippen molar-refractivity contribution in [3.05, 3.63) is 27.0 Å². The van der Waals surface area contributed by atoms with Gasteiger partial charge < -0.3 is 4.74 Å². The summed E-state index contributed by atoms with van der Waals surface area (Å²) in [4.78, 5) is 16.5. The number of hydrogen-bond acceptors (Lipinski definition) is 6. The lowest BCUT2D eigenvalue weighted by Gasteiger charge is -2.01. The van der Waals surface area contributed by atoms with Crippen LogP contribution in [0.3, 0.4) is 0 Å². The highest BCUT2D eigenvalue weighted by atomic mass is 32.1. The minimum atomic E-state index is -4.58. The number of ether oxygens (including phenoxy) is 1. The van der Waals surface area contributed by atoms with E-state index in [9.17, 15) is 18.0 Å². The molecule has 120 valence electrons. The molecule has 0 N–H and O–H groups in total. The highest BCUT2D eigenvalue weighted by Crippen LogP contribution is 2.34. The van der Waals surface area contributed by atoms with Crippen LogP contribution >= 0.6 is 11.3 Å². The van der Waals surface area contributed by atoms with Crippen LogP contribution in [-0.4, -0.2) is 25.9 Å². The van der Waals surface area contributed by atoms with Crippen LogP contribution in [-0.2, 0) is 24.1 Å². The summed E-state index contributed by atoms with van der Waals surface area (Å²) >= 11 is 0.272. The fraction of sp³-hybridized carbons (Fsp3) is 0.500. The number of carbonyl (C=O) groups is 1. The lowest BCUT2D eigenvalue weighted by molar-refractivity contribution is -0.137. The molecule has 0 aliphatic carbocycles. The molecule has 0 atom stereocenters. The molecule has 22 heavy (non-hydrogen) atoms. The van der Waals surface area contributed by atoms with Crippen molar-refractivity contribution in [2.75, 3.05) is 0 Å². The summed E-state index contributed by atoms with van der Waals surface area (Å²) in [6, 6.07) is 0. The van der Waals surface area contributed by atoms with Gasteiger partial charge in [-0.3, -0.25) is 0 Å². The zero-order valence-electron chi connectivity index (χ0n) is 12.1. The first-order chi connectivity index (χ1) is 10.2. The number of aryl methyl sites for hydroxylation is 3. The summed E-state index contributed by atoms with van der Waals surface area (Å²) in [6.07, 6.45) is -4.58. The molecule has 0 saturated carbocycles. The van der Waals surface area contributed by atoms with Crippen LogP contribution in [0, 0.1) is 13.8 Å². The number of hydrogen-bond donors (Lipinski definition) is 0. The van der Waals surface area contributed by atoms with E-state index in [1.807, 2.05) is 6.92 Å². The van der Waals surface area contributed by atoms with Crippen LogP contribution in [0.2, 0.25) is 0 Å². The minimum absolute atomic E-state index is 0.00346. The Balaban J connectivity index is 2.09. The second kappa shape index (κ2) is 6.03. The normalized spacial score (nSPS) is 11.7. The van der Waals surface area contributed by atoms with Gasteiger partial charge >= 0.3 is 12.1 Å². The van der Waals surface area contributed by atoms with Gasteiger partial charge in [0, 0.05) is 0 Å². The Labute approximate surface area is 127 Å². The number of aromatic nitrogens is 4. The van der Waals surface area contributed by atoms with E-state index in [-0.39, 0.29) is 28.5 Å². The van der Waals surface area contributed by atoms with Crippen LogP contribution in [0.5, 0.6) is 0 Å². The average Bonchev–Trinajstić information content (AvgIpc) is 2.99. The predicted octanol–water partition coefficient (Wildman–Crippen LogP) is 2.75. The molecule has 0 saturated heterocycles. The summed E-state index contributed by atoms with van der Waals surface area (Å²) in [7, 11) is 0. The molecular formula is C12H13F3N4O2S. The standard InChI is InChI=1S/C12H13F3N4O2S/c1-4-19-17-6(2)8(18-19)5-21-10(20)9-7(3)16-11(22-9)12(13,14)15/h4-5H2,1-3H3. The molecule has 2 heterocycles. The molecule has 2 rings (SSSR count). The summed E-state index contributed by atoms with van der Waals surface area (Å²) in [6.45, 7) is 5.32. The van der Waals surface area contributed by atoms with Crippen molar-refractivity contribution in [2.45, 2.75) is 40.1 Å². The summed E-state index contributed by atoms with van der Waals surface area (Å²) in [5.74, 6) is -0.851. The molecule has 0 spiro atoms. The largest absolute Gasteiger partial charge is 0.455 e. The Morgan fingerprint density at radius 2 is 1.95 bits per heavy atom. The number of thiazole rings is 1. The van der Waals surface area contributed by atoms with E-state index in [0.717, 1.165) is 0 Å². The fourth-order valence-electron chi connectivity index (χ4n) is 1.65. The first-order valence-electron chi connectivity index (χ1n) is 6.34. The van der Waals surface area contributed by atoms with E-state index in [1.54, 1.807) is 6.92 Å². The molecule has 0 aromatic carbocycles. The van der Waals surface area contributed by atoms with Gasteiger partial charge in [0.2, 0.25) is 0 Å². The summed E-state index contributed by atoms with van der Waals surface area (Å²) < 4.78 is 42.7. The molecule has 0 amide bonds. The van der Waals surface area contributed by atoms with Crippen LogP contribution < -0.4 is 0 Å². The molecule has 2 aromatic rings. The zero-order chi connectivity index (χ0) is 16.5. The van der Waals surface area contributed by atoms with Crippen LogP contribution in [0.1, 0.15) is 38.7 Å². The third kappa shape index (κ3) is 3.43. The second-order valence-electron chi connectivity index (χ2n) is 4.43. The number of alkyl halides is 3. The van der Waals surface area contributed by atoms with Crippen molar-refractivity contribution in [3.8, 4) is 0 Å². The first kappa shape index (κ1) is 16.4. The third-order valence-corrected chi connectivity index (χ3v) is 3.95. The molecule has 0 aliphatic rings. The van der Waals surface area contributed by atoms with E-state index in [4.69, 9.17) is 4.74 Å². The molecule has 10 heteroatoms. The maximum absolute atomic E-state index is 12.6. The molecule has 2 aromatic heterocycles. The van der Waals surface area contributed by atoms with E-state index < -0.39 is 17.2 Å². The third-order valence-electron chi connectivity index (χ3n) is 2.77. The number of halogens is 3. The van der Waals surface area contributed by atoms with Crippen molar-refractivity contribution < 1.29 is 22.7 Å². The average molecular weight is 334 g/mol. The second-order valence-corrected chi connectivity index (χ2v) is 5.43. The van der Waals surface area contributed by atoms with Crippen molar-refractivity contribution in [3.63, 3.8) is 0 Å². The number of esters is 1. The number of rotatable bonds is 4. The van der Waals surface area contributed by atoms with Gasteiger partial charge in [-0.1, -0.05) is 0 Å². The summed E-state index contributed by atoms with van der Waals surface area (Å²) in [5.41, 5.74) is 1.07. The van der Waals surface area contributed by atoms with Gasteiger partial charge in [0.05, 0.1) is 17.9 Å². The van der Waals surface area contributed by atoms with Gasteiger partial charge in [0.1, 0.15) is 17.2 Å². The Morgan fingerprint density at radius 3 is 2.45 bits per heavy atom. The molecule has 0 unspecified atom stereocenters. The molecule has 0 radical (unpaired) electrons. The topological polar surface area (TPSA) is 69.9 Å². The van der Waals surface area contributed by atoms with Crippen molar-refractivity contribution in [2.24, 2.45) is 0 Å². The maximum Gasteiger partial charge on any atom is 0.443 e. The van der Waals surface area contributed by atoms with E-state index in [0.29, 0.717) is 17.9 Å². The first-order valence-corrected chi connectivity index (χ1v) is 7.16. The van der Waals surface area contributed by atoms with Gasteiger partial charge in [-0.05, 0) is 20.8 Å². The Morgan fingerprint density at radius 1 is 1.27 bits per heavy atom. The fourth-order valence-corrected chi connectivity index (χ4v) is 2.47. The quantitative estimate of drug-likeness (QED) is 0.804. The van der Waals surface area contributed by atoms with Crippen molar-refractivity contribution in [1.29, 1.82) is 0 Å². The van der Waals surface area contributed by atoms with Gasteiger partial charge in [-0.2, -0.15) is 28.2 Å². The van der Waals surface area contributed by atoms with Crippen LogP contribution in [0.4, 0.5) is 13.2 Å². The lowest BCUT2D eigenvalue weighted by atomic mass is 10.3. The van der Waals surface area contributed by atoms with Crippen molar-refractivity contribution >= 4 is 17.3 Å². The summed E-state index contributed by atoms with van der Waals surface area (Å²) in [5, 5.41) is 7.12. The molecule has 0 fully saturated rings. The number of carbonyl (C=O) groups excluding carboxylic acids is 1. The van der Waals surface area contributed by atoms with Gasteiger partial charge in [0.25, 0.3) is 0 Å². The lowest BCUT2D eigenvalue weighted by Crippen LogP contribution is -2.06. The smallest absolute Gasteiger partial charge is 0.443 e. The molecule has 0 aliphatic heterocycles. The van der Waals surface area contributed by atoms with E-state index in [2.05, 4.69) is 15.2 Å². The van der Waals surface area contributed by atoms with Gasteiger partial charge in [0.15, 0.2) is 5.01 Å². The Hall–Kier alpha value is -1.97. The van der Waals surface area contributed by atoms with Gasteiger partial charge in [-0.15, -0.1) is 11.3 Å². The van der Waals surface area contributed by atoms with Crippen LogP contribution in [0.25, 0.3) is 0 Å². The molecule has 0 bridgehead atoms. The highest BCUT2D eigenvalue weighted by molar-refractivity contribution is 7.13.